The summed E-state index contributed by atoms with van der Waals surface area (Å²) in [6.45, 7) is 5.50. The maximum Gasteiger partial charge on any atom is 0.119 e. The molecule has 2 aromatic rings. The third-order valence-electron chi connectivity index (χ3n) is 8.80. The van der Waals surface area contributed by atoms with Crippen molar-refractivity contribution in [2.45, 2.75) is 110 Å². The molecule has 0 heterocycles. The predicted octanol–water partition coefficient (Wildman–Crippen LogP) is 10.2. The van der Waals surface area contributed by atoms with E-state index in [9.17, 15) is 0 Å². The van der Waals surface area contributed by atoms with Gasteiger partial charge < -0.3 is 4.74 Å². The lowest BCUT2D eigenvalue weighted by atomic mass is 9.77. The summed E-state index contributed by atoms with van der Waals surface area (Å²) >= 11 is 0. The highest BCUT2D eigenvalue weighted by Crippen LogP contribution is 2.38. The van der Waals surface area contributed by atoms with Gasteiger partial charge in [0.1, 0.15) is 5.75 Å². The second kappa shape index (κ2) is 13.4. The Balaban J connectivity index is 1.18. The van der Waals surface area contributed by atoms with Crippen molar-refractivity contribution >= 4 is 0 Å². The number of hydrogen-bond acceptors (Lipinski definition) is 1. The summed E-state index contributed by atoms with van der Waals surface area (Å²) in [6.07, 6.45) is 19.5. The standard InChI is InChI=1S/C33H48O/c1-3-6-26-9-11-28(12-10-26)8-5-25-34-33-23-21-32(22-24-33)31-19-17-30(18-20-31)29-15-13-27(7-4-2)14-16-29/h17-24,26-29H,3-16,25H2,1-2H3. The number of benzene rings is 2. The highest BCUT2D eigenvalue weighted by Gasteiger charge is 2.22. The van der Waals surface area contributed by atoms with E-state index in [4.69, 9.17) is 4.74 Å². The fraction of sp³-hybridized carbons (Fsp3) is 0.636. The van der Waals surface area contributed by atoms with Gasteiger partial charge in [-0.3, -0.25) is 0 Å². The number of rotatable bonds is 11. The molecular formula is C33H48O. The Morgan fingerprint density at radius 3 is 1.59 bits per heavy atom. The number of hydrogen-bond donors (Lipinski definition) is 0. The van der Waals surface area contributed by atoms with Crippen LogP contribution in [0.15, 0.2) is 48.5 Å². The third-order valence-corrected chi connectivity index (χ3v) is 8.80. The molecule has 0 atom stereocenters. The van der Waals surface area contributed by atoms with Gasteiger partial charge in [0, 0.05) is 0 Å². The maximum atomic E-state index is 6.07. The van der Waals surface area contributed by atoms with Crippen molar-refractivity contribution in [2.75, 3.05) is 6.61 Å². The molecule has 0 radical (unpaired) electrons. The molecule has 0 bridgehead atoms. The molecule has 0 aromatic heterocycles. The van der Waals surface area contributed by atoms with Crippen molar-refractivity contribution in [3.8, 4) is 16.9 Å². The van der Waals surface area contributed by atoms with E-state index in [2.05, 4.69) is 62.4 Å². The van der Waals surface area contributed by atoms with E-state index in [0.29, 0.717) is 0 Å². The molecule has 2 aliphatic carbocycles. The van der Waals surface area contributed by atoms with E-state index < -0.39 is 0 Å². The Kier molecular flexibility index (Phi) is 9.96. The molecule has 0 aliphatic heterocycles. The lowest BCUT2D eigenvalue weighted by Gasteiger charge is -2.28. The van der Waals surface area contributed by atoms with Gasteiger partial charge in [0.2, 0.25) is 0 Å². The molecule has 0 saturated heterocycles. The first-order valence-electron chi connectivity index (χ1n) is 14.6. The first-order chi connectivity index (χ1) is 16.7. The van der Waals surface area contributed by atoms with Crippen LogP contribution in [-0.2, 0) is 0 Å². The minimum atomic E-state index is 0.768. The molecule has 0 amide bonds. The Bertz CT molecular complexity index is 805. The quantitative estimate of drug-likeness (QED) is 0.303. The van der Waals surface area contributed by atoms with Crippen molar-refractivity contribution in [1.29, 1.82) is 0 Å². The van der Waals surface area contributed by atoms with E-state index in [1.54, 1.807) is 0 Å². The molecule has 34 heavy (non-hydrogen) atoms. The fourth-order valence-electron chi connectivity index (χ4n) is 6.66. The summed E-state index contributed by atoms with van der Waals surface area (Å²) in [5, 5.41) is 0. The summed E-state index contributed by atoms with van der Waals surface area (Å²) in [4.78, 5) is 0. The first kappa shape index (κ1) is 25.3. The van der Waals surface area contributed by atoms with Crippen LogP contribution in [0.5, 0.6) is 5.75 Å². The van der Waals surface area contributed by atoms with Crippen molar-refractivity contribution < 1.29 is 4.74 Å². The zero-order chi connectivity index (χ0) is 23.6. The Labute approximate surface area is 209 Å². The van der Waals surface area contributed by atoms with Gasteiger partial charge in [-0.15, -0.1) is 0 Å². The van der Waals surface area contributed by atoms with E-state index in [0.717, 1.165) is 36.0 Å². The molecule has 1 heteroatoms. The average Bonchev–Trinajstić information content (AvgIpc) is 2.89. The molecule has 0 unspecified atom stereocenters. The molecule has 2 saturated carbocycles. The van der Waals surface area contributed by atoms with Gasteiger partial charge in [-0.2, -0.15) is 0 Å². The zero-order valence-electron chi connectivity index (χ0n) is 21.9. The van der Waals surface area contributed by atoms with Crippen LogP contribution in [0.2, 0.25) is 0 Å². The minimum Gasteiger partial charge on any atom is -0.494 e. The molecule has 0 spiro atoms. The van der Waals surface area contributed by atoms with Gasteiger partial charge >= 0.3 is 0 Å². The van der Waals surface area contributed by atoms with E-state index in [1.165, 1.54) is 107 Å². The van der Waals surface area contributed by atoms with Crippen LogP contribution in [0.1, 0.15) is 115 Å². The topological polar surface area (TPSA) is 9.23 Å². The number of ether oxygens (including phenoxy) is 1. The van der Waals surface area contributed by atoms with Crippen LogP contribution < -0.4 is 4.74 Å². The van der Waals surface area contributed by atoms with Gasteiger partial charge in [-0.25, -0.2) is 0 Å². The van der Waals surface area contributed by atoms with Gasteiger partial charge in [-0.05, 0) is 91.0 Å². The first-order valence-corrected chi connectivity index (χ1v) is 14.6. The molecule has 2 aliphatic rings. The summed E-state index contributed by atoms with van der Waals surface area (Å²) in [6, 6.07) is 18.1. The van der Waals surface area contributed by atoms with Crippen molar-refractivity contribution in [1.82, 2.24) is 0 Å². The van der Waals surface area contributed by atoms with Gasteiger partial charge in [0.05, 0.1) is 6.61 Å². The highest BCUT2D eigenvalue weighted by atomic mass is 16.5. The van der Waals surface area contributed by atoms with Crippen molar-refractivity contribution in [3.05, 3.63) is 54.1 Å². The third kappa shape index (κ3) is 7.37. The molecular weight excluding hydrogens is 412 g/mol. The van der Waals surface area contributed by atoms with E-state index in [1.807, 2.05) is 0 Å². The summed E-state index contributed by atoms with van der Waals surface area (Å²) in [5.41, 5.74) is 4.14. The second-order valence-electron chi connectivity index (χ2n) is 11.3. The second-order valence-corrected chi connectivity index (χ2v) is 11.3. The van der Waals surface area contributed by atoms with Crippen molar-refractivity contribution in [3.63, 3.8) is 0 Å². The zero-order valence-corrected chi connectivity index (χ0v) is 21.9. The molecule has 1 nitrogen and oxygen atoms in total. The van der Waals surface area contributed by atoms with E-state index >= 15 is 0 Å². The molecule has 186 valence electrons. The van der Waals surface area contributed by atoms with Crippen LogP contribution >= 0.6 is 0 Å². The van der Waals surface area contributed by atoms with Crippen LogP contribution in [0.4, 0.5) is 0 Å². The lowest BCUT2D eigenvalue weighted by Crippen LogP contribution is -2.15. The minimum absolute atomic E-state index is 0.768. The van der Waals surface area contributed by atoms with Gasteiger partial charge in [0.15, 0.2) is 0 Å². The lowest BCUT2D eigenvalue weighted by molar-refractivity contribution is 0.230. The van der Waals surface area contributed by atoms with Gasteiger partial charge in [-0.1, -0.05) is 102 Å². The Morgan fingerprint density at radius 2 is 1.06 bits per heavy atom. The van der Waals surface area contributed by atoms with Crippen molar-refractivity contribution in [2.24, 2.45) is 17.8 Å². The monoisotopic (exact) mass is 460 g/mol. The summed E-state index contributed by atoms with van der Waals surface area (Å²) < 4.78 is 6.07. The smallest absolute Gasteiger partial charge is 0.119 e. The van der Waals surface area contributed by atoms with Crippen LogP contribution in [0.3, 0.4) is 0 Å². The fourth-order valence-corrected chi connectivity index (χ4v) is 6.66. The molecule has 4 rings (SSSR count). The SMILES string of the molecule is CCCC1CCC(CCCOc2ccc(-c3ccc(C4CCC(CCC)CC4)cc3)cc2)CC1. The van der Waals surface area contributed by atoms with Crippen LogP contribution in [-0.4, -0.2) is 6.61 Å². The Morgan fingerprint density at radius 1 is 0.588 bits per heavy atom. The normalized spacial score (nSPS) is 25.2. The maximum absolute atomic E-state index is 6.07. The Hall–Kier alpha value is -1.76. The largest absolute Gasteiger partial charge is 0.494 e. The summed E-state index contributed by atoms with van der Waals surface area (Å²) in [5.74, 6) is 4.71. The molecule has 0 N–H and O–H groups in total. The van der Waals surface area contributed by atoms with Crippen LogP contribution in [0.25, 0.3) is 11.1 Å². The molecule has 2 fully saturated rings. The molecule has 2 aromatic carbocycles. The summed E-state index contributed by atoms with van der Waals surface area (Å²) in [7, 11) is 0. The predicted molar refractivity (Wildman–Crippen MR) is 147 cm³/mol. The highest BCUT2D eigenvalue weighted by molar-refractivity contribution is 5.64. The van der Waals surface area contributed by atoms with Gasteiger partial charge in [0.25, 0.3) is 0 Å². The van der Waals surface area contributed by atoms with Crippen LogP contribution in [0, 0.1) is 17.8 Å². The average molecular weight is 461 g/mol. The van der Waals surface area contributed by atoms with E-state index in [-0.39, 0.29) is 0 Å².